The van der Waals surface area contributed by atoms with E-state index in [4.69, 9.17) is 4.74 Å². The minimum atomic E-state index is -0.763. The summed E-state index contributed by atoms with van der Waals surface area (Å²) in [6.45, 7) is 7.05. The van der Waals surface area contributed by atoms with E-state index in [1.54, 1.807) is 4.90 Å². The third kappa shape index (κ3) is 4.56. The van der Waals surface area contributed by atoms with Gasteiger partial charge in [-0.2, -0.15) is 4.39 Å². The number of halogens is 1. The lowest BCUT2D eigenvalue weighted by molar-refractivity contribution is 0.000823. The molecule has 1 amide bonds. The number of carbonyl (C=O) groups excluding carboxylic acids is 2. The van der Waals surface area contributed by atoms with Crippen LogP contribution in [0, 0.1) is 11.9 Å². The number of likely N-dealkylation sites (tertiary alicyclic amines) is 1. The summed E-state index contributed by atoms with van der Waals surface area (Å²) < 4.78 is 23.6. The number of aromatic nitrogens is 1. The van der Waals surface area contributed by atoms with Crippen molar-refractivity contribution in [2.45, 2.75) is 26.4 Å². The Morgan fingerprint density at radius 3 is 2.58 bits per heavy atom. The van der Waals surface area contributed by atoms with Crippen LogP contribution < -0.4 is 5.32 Å². The van der Waals surface area contributed by atoms with Gasteiger partial charge in [0.25, 0.3) is 0 Å². The smallest absolute Gasteiger partial charge is 0.410 e. The monoisotopic (exact) mass is 339 g/mol. The molecule has 0 aliphatic carbocycles. The largest absolute Gasteiger partial charge is 0.464 e. The van der Waals surface area contributed by atoms with Crippen molar-refractivity contribution in [3.63, 3.8) is 0 Å². The highest BCUT2D eigenvalue weighted by Gasteiger charge is 2.33. The van der Waals surface area contributed by atoms with Crippen molar-refractivity contribution >= 4 is 17.7 Å². The summed E-state index contributed by atoms with van der Waals surface area (Å²) in [5.74, 6) is -1.24. The van der Waals surface area contributed by atoms with Crippen molar-refractivity contribution in [1.82, 2.24) is 9.88 Å². The van der Waals surface area contributed by atoms with Gasteiger partial charge in [-0.1, -0.05) is 0 Å². The number of pyridine rings is 1. The number of methoxy groups -OCH3 is 1. The van der Waals surface area contributed by atoms with Crippen LogP contribution >= 0.6 is 0 Å². The quantitative estimate of drug-likeness (QED) is 0.670. The van der Waals surface area contributed by atoms with Crippen LogP contribution in [0.4, 0.5) is 14.9 Å². The molecule has 1 aliphatic rings. The molecular formula is C16H22FN3O4. The van der Waals surface area contributed by atoms with E-state index < -0.39 is 17.5 Å². The molecule has 8 heteroatoms. The summed E-state index contributed by atoms with van der Waals surface area (Å²) >= 11 is 0. The normalized spacial score (nSPS) is 14.8. The van der Waals surface area contributed by atoms with Crippen molar-refractivity contribution in [3.8, 4) is 0 Å². The molecule has 1 fully saturated rings. The molecule has 1 aromatic rings. The Balaban J connectivity index is 1.80. The number of carbonyl (C=O) groups is 2. The van der Waals surface area contributed by atoms with Gasteiger partial charge in [-0.25, -0.2) is 14.6 Å². The number of ether oxygens (including phenoxy) is 2. The summed E-state index contributed by atoms with van der Waals surface area (Å²) in [6.07, 6.45) is -0.339. The summed E-state index contributed by atoms with van der Waals surface area (Å²) in [6, 6.07) is 2.84. The molecule has 2 rings (SSSR count). The maximum atomic E-state index is 13.8. The third-order valence-electron chi connectivity index (χ3n) is 3.43. The van der Waals surface area contributed by atoms with Gasteiger partial charge in [0, 0.05) is 25.6 Å². The van der Waals surface area contributed by atoms with Gasteiger partial charge in [-0.05, 0) is 32.9 Å². The summed E-state index contributed by atoms with van der Waals surface area (Å²) in [5, 5.41) is 2.94. The first-order chi connectivity index (χ1) is 11.2. The average Bonchev–Trinajstić information content (AvgIpc) is 2.44. The fourth-order valence-electron chi connectivity index (χ4n) is 2.21. The fraction of sp³-hybridized carbons (Fsp3) is 0.562. The molecule has 1 aromatic heterocycles. The van der Waals surface area contributed by atoms with Crippen molar-refractivity contribution in [2.24, 2.45) is 5.92 Å². The van der Waals surface area contributed by atoms with E-state index in [1.807, 2.05) is 20.8 Å². The molecule has 0 spiro atoms. The number of nitrogens with one attached hydrogen (secondary N) is 1. The molecular weight excluding hydrogens is 317 g/mol. The van der Waals surface area contributed by atoms with Crippen LogP contribution in [0.25, 0.3) is 0 Å². The van der Waals surface area contributed by atoms with Crippen molar-refractivity contribution < 1.29 is 23.5 Å². The molecule has 7 nitrogen and oxygen atoms in total. The van der Waals surface area contributed by atoms with Gasteiger partial charge < -0.3 is 19.7 Å². The minimum absolute atomic E-state index is 0.0831. The van der Waals surface area contributed by atoms with Crippen LogP contribution in [0.3, 0.4) is 0 Å². The number of amides is 1. The molecule has 1 saturated heterocycles. The number of esters is 1. The van der Waals surface area contributed by atoms with Crippen molar-refractivity contribution in [1.29, 1.82) is 0 Å². The van der Waals surface area contributed by atoms with Gasteiger partial charge in [0.05, 0.1) is 12.8 Å². The molecule has 0 unspecified atom stereocenters. The highest BCUT2D eigenvalue weighted by molar-refractivity contribution is 5.87. The first kappa shape index (κ1) is 18.0. The van der Waals surface area contributed by atoms with E-state index in [0.29, 0.717) is 19.6 Å². The van der Waals surface area contributed by atoms with Gasteiger partial charge in [-0.15, -0.1) is 0 Å². The molecule has 132 valence electrons. The first-order valence-corrected chi connectivity index (χ1v) is 7.66. The van der Waals surface area contributed by atoms with Crippen LogP contribution in [0.1, 0.15) is 31.3 Å². The van der Waals surface area contributed by atoms with Crippen molar-refractivity contribution in [2.75, 3.05) is 32.1 Å². The molecule has 24 heavy (non-hydrogen) atoms. The Morgan fingerprint density at radius 2 is 2.04 bits per heavy atom. The molecule has 0 atom stereocenters. The topological polar surface area (TPSA) is 80.8 Å². The summed E-state index contributed by atoms with van der Waals surface area (Å²) in [7, 11) is 1.21. The summed E-state index contributed by atoms with van der Waals surface area (Å²) in [5.41, 5.74) is -0.393. The van der Waals surface area contributed by atoms with E-state index in [2.05, 4.69) is 15.0 Å². The number of anilines is 1. The zero-order valence-corrected chi connectivity index (χ0v) is 14.3. The van der Waals surface area contributed by atoms with Crippen LogP contribution in [-0.4, -0.2) is 54.3 Å². The SMILES string of the molecule is COC(=O)c1ccc(NCC2CN(C(=O)OC(C)(C)C)C2)c(F)n1. The zero-order chi connectivity index (χ0) is 17.9. The van der Waals surface area contributed by atoms with Crippen LogP contribution in [-0.2, 0) is 9.47 Å². The molecule has 0 bridgehead atoms. The van der Waals surface area contributed by atoms with Crippen molar-refractivity contribution in [3.05, 3.63) is 23.8 Å². The van der Waals surface area contributed by atoms with Gasteiger partial charge in [-0.3, -0.25) is 0 Å². The Labute approximate surface area is 140 Å². The van der Waals surface area contributed by atoms with E-state index >= 15 is 0 Å². The Hall–Kier alpha value is -2.38. The zero-order valence-electron chi connectivity index (χ0n) is 14.3. The Morgan fingerprint density at radius 1 is 1.38 bits per heavy atom. The van der Waals surface area contributed by atoms with Crippen LogP contribution in [0.2, 0.25) is 0 Å². The van der Waals surface area contributed by atoms with E-state index in [-0.39, 0.29) is 23.4 Å². The van der Waals surface area contributed by atoms with E-state index in [1.165, 1.54) is 19.2 Å². The highest BCUT2D eigenvalue weighted by Crippen LogP contribution is 2.21. The van der Waals surface area contributed by atoms with Crippen LogP contribution in [0.15, 0.2) is 12.1 Å². The number of rotatable bonds is 4. The minimum Gasteiger partial charge on any atom is -0.464 e. The number of nitrogens with zero attached hydrogens (tertiary/aromatic N) is 2. The third-order valence-corrected chi connectivity index (χ3v) is 3.43. The molecule has 1 N–H and O–H groups in total. The predicted octanol–water partition coefficient (Wildman–Crippen LogP) is 2.29. The lowest BCUT2D eigenvalue weighted by Crippen LogP contribution is -2.53. The van der Waals surface area contributed by atoms with Gasteiger partial charge in [0.1, 0.15) is 5.60 Å². The average molecular weight is 339 g/mol. The molecule has 0 saturated carbocycles. The lowest BCUT2D eigenvalue weighted by Gasteiger charge is -2.39. The predicted molar refractivity (Wildman–Crippen MR) is 85.3 cm³/mol. The summed E-state index contributed by atoms with van der Waals surface area (Å²) in [4.78, 5) is 28.3. The van der Waals surface area contributed by atoms with Gasteiger partial charge in [0.15, 0.2) is 5.69 Å². The molecule has 0 aromatic carbocycles. The van der Waals surface area contributed by atoms with E-state index in [0.717, 1.165) is 0 Å². The second kappa shape index (κ2) is 7.02. The highest BCUT2D eigenvalue weighted by atomic mass is 19.1. The van der Waals surface area contributed by atoms with E-state index in [9.17, 15) is 14.0 Å². The maximum absolute atomic E-state index is 13.8. The fourth-order valence-corrected chi connectivity index (χ4v) is 2.21. The standard InChI is InChI=1S/C16H22FN3O4/c1-16(2,3)24-15(22)20-8-10(9-20)7-18-11-5-6-12(14(21)23-4)19-13(11)17/h5-6,10,18H,7-9H2,1-4H3. The maximum Gasteiger partial charge on any atom is 0.410 e. The Kier molecular flexibility index (Phi) is 5.26. The second-order valence-corrected chi connectivity index (χ2v) is 6.66. The molecule has 0 radical (unpaired) electrons. The first-order valence-electron chi connectivity index (χ1n) is 7.66. The van der Waals surface area contributed by atoms with Gasteiger partial charge >= 0.3 is 12.1 Å². The number of hydrogen-bond donors (Lipinski definition) is 1. The number of hydrogen-bond acceptors (Lipinski definition) is 6. The van der Waals surface area contributed by atoms with Gasteiger partial charge in [0.2, 0.25) is 5.95 Å². The second-order valence-electron chi connectivity index (χ2n) is 6.66. The van der Waals surface area contributed by atoms with Crippen LogP contribution in [0.5, 0.6) is 0 Å². The molecule has 1 aliphatic heterocycles. The molecule has 2 heterocycles. The Bertz CT molecular complexity index is 624. The lowest BCUT2D eigenvalue weighted by atomic mass is 10.0.